The first-order chi connectivity index (χ1) is 19.0. The number of carbonyl (C=O) groups is 1. The SMILES string of the molecule is Cc1ccc(S(=O)(=O)n2cc(-c3ccc4c(c3)C(C)(C)CNC4=O)c3cc(CN4CCN(C)CC4)cnc32)cc1. The Labute approximate surface area is 235 Å². The van der Waals surface area contributed by atoms with Gasteiger partial charge in [-0.1, -0.05) is 37.6 Å². The molecule has 40 heavy (non-hydrogen) atoms. The largest absolute Gasteiger partial charge is 0.351 e. The molecule has 6 rings (SSSR count). The van der Waals surface area contributed by atoms with Crippen molar-refractivity contribution in [1.82, 2.24) is 24.1 Å². The van der Waals surface area contributed by atoms with E-state index in [9.17, 15) is 13.2 Å². The second-order valence-electron chi connectivity index (χ2n) is 11.8. The van der Waals surface area contributed by atoms with Crippen LogP contribution in [0.1, 0.15) is 40.9 Å². The summed E-state index contributed by atoms with van der Waals surface area (Å²) in [5.41, 5.74) is 5.43. The molecule has 4 aromatic rings. The lowest BCUT2D eigenvalue weighted by Crippen LogP contribution is -2.43. The van der Waals surface area contributed by atoms with E-state index in [4.69, 9.17) is 4.98 Å². The number of hydrogen-bond donors (Lipinski definition) is 1. The van der Waals surface area contributed by atoms with Crippen molar-refractivity contribution < 1.29 is 13.2 Å². The normalized spacial score (nSPS) is 18.1. The van der Waals surface area contributed by atoms with Gasteiger partial charge < -0.3 is 10.2 Å². The number of rotatable bonds is 5. The first-order valence-corrected chi connectivity index (χ1v) is 15.1. The maximum Gasteiger partial charge on any atom is 0.269 e. The average molecular weight is 558 g/mol. The van der Waals surface area contributed by atoms with Crippen molar-refractivity contribution in [3.63, 3.8) is 0 Å². The summed E-state index contributed by atoms with van der Waals surface area (Å²) >= 11 is 0. The number of piperazine rings is 1. The number of hydrogen-bond acceptors (Lipinski definition) is 6. The number of benzene rings is 2. The van der Waals surface area contributed by atoms with Crippen LogP contribution < -0.4 is 5.32 Å². The zero-order valence-electron chi connectivity index (χ0n) is 23.4. The van der Waals surface area contributed by atoms with Crippen molar-refractivity contribution in [2.75, 3.05) is 39.8 Å². The molecular formula is C31H35N5O3S. The topological polar surface area (TPSA) is 87.5 Å². The number of pyridine rings is 1. The van der Waals surface area contributed by atoms with Crippen LogP contribution in [-0.2, 0) is 22.0 Å². The summed E-state index contributed by atoms with van der Waals surface area (Å²) in [5, 5.41) is 3.75. The molecule has 1 amide bonds. The molecule has 2 aromatic heterocycles. The quantitative estimate of drug-likeness (QED) is 0.399. The zero-order valence-corrected chi connectivity index (χ0v) is 24.3. The minimum Gasteiger partial charge on any atom is -0.351 e. The van der Waals surface area contributed by atoms with E-state index < -0.39 is 10.0 Å². The van der Waals surface area contributed by atoms with Gasteiger partial charge in [-0.3, -0.25) is 9.69 Å². The first-order valence-electron chi connectivity index (χ1n) is 13.7. The molecule has 0 atom stereocenters. The molecule has 0 spiro atoms. The van der Waals surface area contributed by atoms with Crippen molar-refractivity contribution in [3.05, 3.63) is 83.2 Å². The number of fused-ring (bicyclic) bond motifs is 2. The van der Waals surface area contributed by atoms with Crippen molar-refractivity contribution >= 4 is 27.0 Å². The van der Waals surface area contributed by atoms with Crippen LogP contribution in [0, 0.1) is 6.92 Å². The van der Waals surface area contributed by atoms with Crippen LogP contribution in [-0.4, -0.2) is 72.9 Å². The number of aromatic nitrogens is 2. The molecule has 0 aliphatic carbocycles. The Hall–Kier alpha value is -3.53. The van der Waals surface area contributed by atoms with E-state index in [1.54, 1.807) is 36.7 Å². The molecule has 0 radical (unpaired) electrons. The summed E-state index contributed by atoms with van der Waals surface area (Å²) in [4.78, 5) is 22.3. The van der Waals surface area contributed by atoms with Crippen LogP contribution in [0.4, 0.5) is 0 Å². The Bertz CT molecular complexity index is 1720. The molecule has 0 bridgehead atoms. The highest BCUT2D eigenvalue weighted by Gasteiger charge is 2.32. The van der Waals surface area contributed by atoms with E-state index in [0.717, 1.165) is 65.9 Å². The highest BCUT2D eigenvalue weighted by Crippen LogP contribution is 2.37. The van der Waals surface area contributed by atoms with Gasteiger partial charge in [-0.2, -0.15) is 0 Å². The van der Waals surface area contributed by atoms with Gasteiger partial charge in [0, 0.05) is 73.6 Å². The second kappa shape index (κ2) is 9.83. The minimum atomic E-state index is -3.89. The van der Waals surface area contributed by atoms with Crippen LogP contribution in [0.2, 0.25) is 0 Å². The average Bonchev–Trinajstić information content (AvgIpc) is 3.32. The molecule has 0 unspecified atom stereocenters. The van der Waals surface area contributed by atoms with Crippen molar-refractivity contribution in [1.29, 1.82) is 0 Å². The highest BCUT2D eigenvalue weighted by atomic mass is 32.2. The van der Waals surface area contributed by atoms with Gasteiger partial charge in [-0.25, -0.2) is 17.4 Å². The molecule has 1 fully saturated rings. The molecule has 2 aliphatic rings. The Morgan fingerprint density at radius 1 is 0.975 bits per heavy atom. The first kappa shape index (κ1) is 26.7. The fourth-order valence-electron chi connectivity index (χ4n) is 5.67. The van der Waals surface area contributed by atoms with Crippen LogP contribution in [0.25, 0.3) is 22.2 Å². The van der Waals surface area contributed by atoms with Gasteiger partial charge in [-0.05, 0) is 61.0 Å². The predicted octanol–water partition coefficient (Wildman–Crippen LogP) is 4.02. The lowest BCUT2D eigenvalue weighted by molar-refractivity contribution is 0.0930. The standard InChI is InChI=1S/C31H35N5O3S/c1-21-5-8-24(9-6-21)40(38,39)36-19-27(23-7-10-25-28(16-23)31(2,3)20-33-30(25)37)26-15-22(17-32-29(26)36)18-35-13-11-34(4)12-14-35/h5-10,15-17,19H,11-14,18,20H2,1-4H3,(H,33,37). The maximum absolute atomic E-state index is 13.9. The van der Waals surface area contributed by atoms with Crippen LogP contribution in [0.15, 0.2) is 65.8 Å². The predicted molar refractivity (Wildman–Crippen MR) is 157 cm³/mol. The van der Waals surface area contributed by atoms with Crippen LogP contribution in [0.5, 0.6) is 0 Å². The van der Waals surface area contributed by atoms with Crippen LogP contribution in [0.3, 0.4) is 0 Å². The number of aryl methyl sites for hydroxylation is 1. The zero-order chi connectivity index (χ0) is 28.2. The fourth-order valence-corrected chi connectivity index (χ4v) is 7.00. The molecule has 4 heterocycles. The Morgan fingerprint density at radius 2 is 1.70 bits per heavy atom. The number of carbonyl (C=O) groups excluding carboxylic acids is 1. The number of amides is 1. The summed E-state index contributed by atoms with van der Waals surface area (Å²) in [6, 6.07) is 14.8. The Balaban J connectivity index is 1.51. The van der Waals surface area contributed by atoms with E-state index in [1.165, 1.54) is 3.97 Å². The molecule has 208 valence electrons. The third-order valence-electron chi connectivity index (χ3n) is 8.24. The Kier molecular flexibility index (Phi) is 6.56. The third-order valence-corrected chi connectivity index (χ3v) is 9.91. The molecule has 1 N–H and O–H groups in total. The molecule has 1 saturated heterocycles. The van der Waals surface area contributed by atoms with E-state index in [2.05, 4.69) is 42.1 Å². The van der Waals surface area contributed by atoms with Gasteiger partial charge in [0.1, 0.15) is 0 Å². The number of likely N-dealkylation sites (N-methyl/N-ethyl adjacent to an activating group) is 1. The van der Waals surface area contributed by atoms with Crippen LogP contribution >= 0.6 is 0 Å². The minimum absolute atomic E-state index is 0.0821. The lowest BCUT2D eigenvalue weighted by Gasteiger charge is -2.32. The van der Waals surface area contributed by atoms with E-state index in [0.29, 0.717) is 17.8 Å². The molecule has 2 aromatic carbocycles. The summed E-state index contributed by atoms with van der Waals surface area (Å²) in [5.74, 6) is -0.0821. The van der Waals surface area contributed by atoms with Gasteiger partial charge in [0.2, 0.25) is 0 Å². The van der Waals surface area contributed by atoms with Crippen molar-refractivity contribution in [3.8, 4) is 11.1 Å². The van der Waals surface area contributed by atoms with E-state index >= 15 is 0 Å². The summed E-state index contributed by atoms with van der Waals surface area (Å²) < 4.78 is 29.0. The van der Waals surface area contributed by atoms with Crippen molar-refractivity contribution in [2.45, 2.75) is 37.6 Å². The molecule has 8 nitrogen and oxygen atoms in total. The smallest absolute Gasteiger partial charge is 0.269 e. The van der Waals surface area contributed by atoms with Gasteiger partial charge in [0.25, 0.3) is 15.9 Å². The molecule has 0 saturated carbocycles. The highest BCUT2D eigenvalue weighted by molar-refractivity contribution is 7.90. The summed E-state index contributed by atoms with van der Waals surface area (Å²) in [6.07, 6.45) is 3.48. The van der Waals surface area contributed by atoms with Gasteiger partial charge in [0.15, 0.2) is 5.65 Å². The number of nitrogens with zero attached hydrogens (tertiary/aromatic N) is 4. The van der Waals surface area contributed by atoms with Gasteiger partial charge >= 0.3 is 0 Å². The third kappa shape index (κ3) is 4.72. The lowest BCUT2D eigenvalue weighted by atomic mass is 9.78. The maximum atomic E-state index is 13.9. The second-order valence-corrected chi connectivity index (χ2v) is 13.6. The molecular weight excluding hydrogens is 522 g/mol. The molecule has 2 aliphatic heterocycles. The number of nitrogens with one attached hydrogen (secondary N) is 1. The summed E-state index contributed by atoms with van der Waals surface area (Å²) in [6.45, 7) is 11.4. The fraction of sp³-hybridized carbons (Fsp3) is 0.355. The Morgan fingerprint density at radius 3 is 2.42 bits per heavy atom. The van der Waals surface area contributed by atoms with E-state index in [1.807, 2.05) is 25.1 Å². The monoisotopic (exact) mass is 557 g/mol. The van der Waals surface area contributed by atoms with Gasteiger partial charge in [-0.15, -0.1) is 0 Å². The molecule has 9 heteroatoms. The van der Waals surface area contributed by atoms with Crippen molar-refractivity contribution in [2.24, 2.45) is 0 Å². The summed E-state index contributed by atoms with van der Waals surface area (Å²) in [7, 11) is -1.75. The van der Waals surface area contributed by atoms with E-state index in [-0.39, 0.29) is 16.2 Å². The van der Waals surface area contributed by atoms with Gasteiger partial charge in [0.05, 0.1) is 4.90 Å².